The summed E-state index contributed by atoms with van der Waals surface area (Å²) >= 11 is 1.46. The summed E-state index contributed by atoms with van der Waals surface area (Å²) in [6.45, 7) is 2.11. The van der Waals surface area contributed by atoms with Crippen molar-refractivity contribution in [2.75, 3.05) is 17.3 Å². The Balaban J connectivity index is 1.57. The maximum Gasteiger partial charge on any atom is 0.191 e. The van der Waals surface area contributed by atoms with Gasteiger partial charge in [0.05, 0.1) is 17.6 Å². The Labute approximate surface area is 159 Å². The molecule has 142 valence electrons. The van der Waals surface area contributed by atoms with Crippen LogP contribution in [0.4, 0.5) is 0 Å². The maximum atomic E-state index is 11.6. The summed E-state index contributed by atoms with van der Waals surface area (Å²) in [6, 6.07) is 8.01. The number of hydrogen-bond donors (Lipinski definition) is 1. The van der Waals surface area contributed by atoms with Gasteiger partial charge < -0.3 is 9.67 Å². The Kier molecular flexibility index (Phi) is 6.04. The Hall–Kier alpha value is -1.38. The van der Waals surface area contributed by atoms with Crippen LogP contribution in [-0.2, 0) is 29.7 Å². The molecule has 6 nitrogen and oxygen atoms in total. The summed E-state index contributed by atoms with van der Waals surface area (Å²) < 4.78 is 25.1. The molecule has 1 fully saturated rings. The largest absolute Gasteiger partial charge is 0.388 e. The van der Waals surface area contributed by atoms with E-state index in [1.165, 1.54) is 17.3 Å². The fourth-order valence-electron chi connectivity index (χ4n) is 3.16. The second-order valence-electron chi connectivity index (χ2n) is 6.85. The van der Waals surface area contributed by atoms with Gasteiger partial charge in [-0.05, 0) is 29.9 Å². The van der Waals surface area contributed by atoms with Crippen LogP contribution in [0.1, 0.15) is 36.4 Å². The van der Waals surface area contributed by atoms with Crippen LogP contribution in [0, 0.1) is 5.92 Å². The van der Waals surface area contributed by atoms with Crippen molar-refractivity contribution in [2.45, 2.75) is 37.4 Å². The number of aromatic nitrogens is 3. The molecule has 2 atom stereocenters. The maximum absolute atomic E-state index is 11.6. The van der Waals surface area contributed by atoms with Gasteiger partial charge in [-0.1, -0.05) is 43.0 Å². The molecule has 1 aliphatic rings. The SMILES string of the molecule is CCc1ccc([C@H](O)CSc2nnc(C[C@H]3CCS(=O)(=O)C3)n2C)cc1. The van der Waals surface area contributed by atoms with E-state index in [0.29, 0.717) is 18.6 Å². The number of hydrogen-bond acceptors (Lipinski definition) is 6. The van der Waals surface area contributed by atoms with Crippen LogP contribution in [0.5, 0.6) is 0 Å². The number of nitrogens with zero attached hydrogens (tertiary/aromatic N) is 3. The molecule has 2 heterocycles. The lowest BCUT2D eigenvalue weighted by atomic mass is 10.1. The third-order valence-corrected chi connectivity index (χ3v) is 7.80. The first-order valence-electron chi connectivity index (χ1n) is 8.86. The first kappa shape index (κ1) is 19.4. The van der Waals surface area contributed by atoms with E-state index >= 15 is 0 Å². The van der Waals surface area contributed by atoms with Crippen LogP contribution in [0.25, 0.3) is 0 Å². The minimum absolute atomic E-state index is 0.128. The zero-order valence-electron chi connectivity index (χ0n) is 15.1. The van der Waals surface area contributed by atoms with Gasteiger partial charge in [0, 0.05) is 19.2 Å². The number of thioether (sulfide) groups is 1. The van der Waals surface area contributed by atoms with Gasteiger partial charge in [0.25, 0.3) is 0 Å². The van der Waals surface area contributed by atoms with Crippen LogP contribution in [0.2, 0.25) is 0 Å². The summed E-state index contributed by atoms with van der Waals surface area (Å²) in [5.41, 5.74) is 2.15. The Morgan fingerprint density at radius 1 is 1.31 bits per heavy atom. The highest BCUT2D eigenvalue weighted by molar-refractivity contribution is 7.99. The average molecular weight is 396 g/mol. The molecule has 0 bridgehead atoms. The molecule has 1 aromatic carbocycles. The smallest absolute Gasteiger partial charge is 0.191 e. The van der Waals surface area contributed by atoms with Crippen molar-refractivity contribution in [3.63, 3.8) is 0 Å². The standard InChI is InChI=1S/C18H25N3O3S2/c1-3-13-4-6-15(7-5-13)16(22)11-25-18-20-19-17(21(18)2)10-14-8-9-26(23,24)12-14/h4-7,14,16,22H,3,8-12H2,1-2H3/t14-,16-/m1/s1. The molecule has 8 heteroatoms. The van der Waals surface area contributed by atoms with Gasteiger partial charge in [0.2, 0.25) is 0 Å². The highest BCUT2D eigenvalue weighted by atomic mass is 32.2. The second-order valence-corrected chi connectivity index (χ2v) is 10.1. The molecular formula is C18H25N3O3S2. The third kappa shape index (κ3) is 4.66. The number of sulfone groups is 1. The third-order valence-electron chi connectivity index (χ3n) is 4.87. The molecule has 1 saturated heterocycles. The topological polar surface area (TPSA) is 85.1 Å². The minimum Gasteiger partial charge on any atom is -0.388 e. The van der Waals surface area contributed by atoms with E-state index in [9.17, 15) is 13.5 Å². The van der Waals surface area contributed by atoms with Gasteiger partial charge in [-0.3, -0.25) is 0 Å². The van der Waals surface area contributed by atoms with Crippen LogP contribution < -0.4 is 0 Å². The molecular weight excluding hydrogens is 370 g/mol. The van der Waals surface area contributed by atoms with Gasteiger partial charge in [-0.2, -0.15) is 0 Å². The molecule has 1 aliphatic heterocycles. The van der Waals surface area contributed by atoms with Crippen LogP contribution in [0.15, 0.2) is 29.4 Å². The van der Waals surface area contributed by atoms with Crippen LogP contribution in [-0.4, -0.2) is 45.5 Å². The first-order chi connectivity index (χ1) is 12.4. The number of aryl methyl sites for hydroxylation is 1. The lowest BCUT2D eigenvalue weighted by molar-refractivity contribution is 0.204. The van der Waals surface area contributed by atoms with Gasteiger partial charge >= 0.3 is 0 Å². The van der Waals surface area contributed by atoms with Gasteiger partial charge in [-0.25, -0.2) is 8.42 Å². The van der Waals surface area contributed by atoms with E-state index in [-0.39, 0.29) is 17.4 Å². The summed E-state index contributed by atoms with van der Waals surface area (Å²) in [5.74, 6) is 1.95. The van der Waals surface area contributed by atoms with E-state index < -0.39 is 15.9 Å². The van der Waals surface area contributed by atoms with Crippen molar-refractivity contribution in [3.8, 4) is 0 Å². The molecule has 1 aromatic heterocycles. The van der Waals surface area contributed by atoms with E-state index in [1.807, 2.05) is 35.9 Å². The van der Waals surface area contributed by atoms with Crippen molar-refractivity contribution >= 4 is 21.6 Å². The van der Waals surface area contributed by atoms with E-state index in [4.69, 9.17) is 0 Å². The van der Waals surface area contributed by atoms with Crippen molar-refractivity contribution in [1.82, 2.24) is 14.8 Å². The second kappa shape index (κ2) is 8.10. The molecule has 0 spiro atoms. The average Bonchev–Trinajstić information content (AvgIpc) is 3.15. The molecule has 0 unspecified atom stereocenters. The first-order valence-corrected chi connectivity index (χ1v) is 11.7. The summed E-state index contributed by atoms with van der Waals surface area (Å²) in [6.07, 6.45) is 1.75. The van der Waals surface area contributed by atoms with Crippen molar-refractivity contribution in [2.24, 2.45) is 13.0 Å². The normalized spacial score (nSPS) is 20.3. The summed E-state index contributed by atoms with van der Waals surface area (Å²) in [7, 11) is -0.982. The predicted molar refractivity (Wildman–Crippen MR) is 103 cm³/mol. The highest BCUT2D eigenvalue weighted by Crippen LogP contribution is 2.26. The van der Waals surface area contributed by atoms with Crippen molar-refractivity contribution < 1.29 is 13.5 Å². The van der Waals surface area contributed by atoms with Gasteiger partial charge in [-0.15, -0.1) is 10.2 Å². The molecule has 0 amide bonds. The minimum atomic E-state index is -2.87. The van der Waals surface area contributed by atoms with Gasteiger partial charge in [0.15, 0.2) is 15.0 Å². The number of rotatable bonds is 7. The predicted octanol–water partition coefficient (Wildman–Crippen LogP) is 2.18. The molecule has 0 saturated carbocycles. The molecule has 3 rings (SSSR count). The van der Waals surface area contributed by atoms with Gasteiger partial charge in [0.1, 0.15) is 5.82 Å². The molecule has 2 aromatic rings. The Morgan fingerprint density at radius 3 is 2.65 bits per heavy atom. The van der Waals surface area contributed by atoms with E-state index in [2.05, 4.69) is 17.1 Å². The van der Waals surface area contributed by atoms with E-state index in [0.717, 1.165) is 23.0 Å². The molecule has 0 aliphatic carbocycles. The fraction of sp³-hybridized carbons (Fsp3) is 0.556. The zero-order chi connectivity index (χ0) is 18.7. The molecule has 1 N–H and O–H groups in total. The number of benzene rings is 1. The molecule has 26 heavy (non-hydrogen) atoms. The lowest BCUT2D eigenvalue weighted by Crippen LogP contribution is -2.11. The molecule has 0 radical (unpaired) electrons. The lowest BCUT2D eigenvalue weighted by Gasteiger charge is -2.11. The highest BCUT2D eigenvalue weighted by Gasteiger charge is 2.29. The Morgan fingerprint density at radius 2 is 2.04 bits per heavy atom. The van der Waals surface area contributed by atoms with E-state index in [1.54, 1.807) is 0 Å². The summed E-state index contributed by atoms with van der Waals surface area (Å²) in [5, 5.41) is 19.5. The monoisotopic (exact) mass is 395 g/mol. The van der Waals surface area contributed by atoms with Crippen LogP contribution >= 0.6 is 11.8 Å². The Bertz CT molecular complexity index is 847. The number of aliphatic hydroxyl groups excluding tert-OH is 1. The van der Waals surface area contributed by atoms with Crippen LogP contribution in [0.3, 0.4) is 0 Å². The van der Waals surface area contributed by atoms with Crippen molar-refractivity contribution in [1.29, 1.82) is 0 Å². The quantitative estimate of drug-likeness (QED) is 0.724. The zero-order valence-corrected chi connectivity index (χ0v) is 16.8. The van der Waals surface area contributed by atoms with Crippen molar-refractivity contribution in [3.05, 3.63) is 41.2 Å². The summed E-state index contributed by atoms with van der Waals surface area (Å²) in [4.78, 5) is 0. The fourth-order valence-corrected chi connectivity index (χ4v) is 5.92. The number of aliphatic hydroxyl groups is 1.